The maximum Gasteiger partial charge on any atom is 0.243 e. The summed E-state index contributed by atoms with van der Waals surface area (Å²) in [5, 5.41) is 2.87. The molecule has 0 aromatic heterocycles. The number of amides is 1. The van der Waals surface area contributed by atoms with Crippen LogP contribution in [0.4, 0.5) is 5.69 Å². The first-order chi connectivity index (χ1) is 13.9. The third kappa shape index (κ3) is 5.56. The second kappa shape index (κ2) is 9.39. The average Bonchev–Trinajstić information content (AvgIpc) is 2.73. The smallest absolute Gasteiger partial charge is 0.243 e. The molecule has 8 heteroatoms. The van der Waals surface area contributed by atoms with Gasteiger partial charge < -0.3 is 15.0 Å². The molecule has 0 radical (unpaired) electrons. The van der Waals surface area contributed by atoms with E-state index in [0.717, 1.165) is 48.1 Å². The van der Waals surface area contributed by atoms with Gasteiger partial charge in [-0.1, -0.05) is 42.5 Å². The summed E-state index contributed by atoms with van der Waals surface area (Å²) in [6.07, 6.45) is 1.10. The fourth-order valence-corrected chi connectivity index (χ4v) is 3.89. The SMILES string of the molecule is CN([C@@H](C(=O)NCc1ccc(N2CCOCC2)cc1)c1ccccc1)S(C)(=O)=O. The minimum absolute atomic E-state index is 0.323. The van der Waals surface area contributed by atoms with Crippen LogP contribution in [0, 0.1) is 0 Å². The Labute approximate surface area is 172 Å². The predicted octanol–water partition coefficient (Wildman–Crippen LogP) is 1.77. The third-order valence-electron chi connectivity index (χ3n) is 5.03. The number of carbonyl (C=O) groups excluding carboxylic acids is 1. The van der Waals surface area contributed by atoms with E-state index in [1.54, 1.807) is 24.3 Å². The topological polar surface area (TPSA) is 79.0 Å². The highest BCUT2D eigenvalue weighted by Gasteiger charge is 2.30. The van der Waals surface area contributed by atoms with Gasteiger partial charge in [0.05, 0.1) is 19.5 Å². The highest BCUT2D eigenvalue weighted by Crippen LogP contribution is 2.22. The monoisotopic (exact) mass is 417 g/mol. The zero-order chi connectivity index (χ0) is 20.9. The summed E-state index contributed by atoms with van der Waals surface area (Å²) in [7, 11) is -2.12. The van der Waals surface area contributed by atoms with Gasteiger partial charge >= 0.3 is 0 Å². The maximum absolute atomic E-state index is 12.9. The summed E-state index contributed by atoms with van der Waals surface area (Å²) >= 11 is 0. The van der Waals surface area contributed by atoms with E-state index in [-0.39, 0.29) is 5.91 Å². The Morgan fingerprint density at radius 2 is 1.72 bits per heavy atom. The molecule has 1 heterocycles. The van der Waals surface area contributed by atoms with Gasteiger partial charge in [0, 0.05) is 32.4 Å². The average molecular weight is 418 g/mol. The molecule has 1 N–H and O–H groups in total. The molecule has 0 spiro atoms. The molecular formula is C21H27N3O4S. The Morgan fingerprint density at radius 3 is 2.31 bits per heavy atom. The van der Waals surface area contributed by atoms with Crippen molar-refractivity contribution in [1.82, 2.24) is 9.62 Å². The van der Waals surface area contributed by atoms with Crippen LogP contribution in [-0.4, -0.2) is 58.2 Å². The summed E-state index contributed by atoms with van der Waals surface area (Å²) in [5.41, 5.74) is 2.70. The number of anilines is 1. The number of ether oxygens (including phenoxy) is 1. The van der Waals surface area contributed by atoms with Crippen LogP contribution < -0.4 is 10.2 Å². The lowest BCUT2D eigenvalue weighted by Gasteiger charge is -2.29. The van der Waals surface area contributed by atoms with E-state index in [4.69, 9.17) is 4.74 Å². The Kier molecular flexibility index (Phi) is 6.89. The fraction of sp³-hybridized carbons (Fsp3) is 0.381. The zero-order valence-corrected chi connectivity index (χ0v) is 17.6. The normalized spacial score (nSPS) is 15.9. The van der Waals surface area contributed by atoms with Crippen molar-refractivity contribution < 1.29 is 17.9 Å². The highest BCUT2D eigenvalue weighted by atomic mass is 32.2. The standard InChI is InChI=1S/C21H27N3O4S/c1-23(29(2,26)27)20(18-6-4-3-5-7-18)21(25)22-16-17-8-10-19(11-9-17)24-12-14-28-15-13-24/h3-11,20H,12-16H2,1-2H3,(H,22,25)/t20-/m1/s1. The van der Waals surface area contributed by atoms with E-state index in [1.807, 2.05) is 30.3 Å². The third-order valence-corrected chi connectivity index (χ3v) is 6.29. The molecule has 0 bridgehead atoms. The predicted molar refractivity (Wildman–Crippen MR) is 113 cm³/mol. The van der Waals surface area contributed by atoms with E-state index in [9.17, 15) is 13.2 Å². The number of likely N-dealkylation sites (N-methyl/N-ethyl adjacent to an activating group) is 1. The van der Waals surface area contributed by atoms with Crippen molar-refractivity contribution in [3.05, 3.63) is 65.7 Å². The summed E-state index contributed by atoms with van der Waals surface area (Å²) in [5.74, 6) is -0.360. The van der Waals surface area contributed by atoms with Crippen molar-refractivity contribution in [2.24, 2.45) is 0 Å². The molecule has 1 aliphatic heterocycles. The van der Waals surface area contributed by atoms with Crippen molar-refractivity contribution in [3.63, 3.8) is 0 Å². The lowest BCUT2D eigenvalue weighted by atomic mass is 10.1. The Bertz CT molecular complexity index is 911. The molecule has 2 aromatic carbocycles. The lowest BCUT2D eigenvalue weighted by Crippen LogP contribution is -2.41. The van der Waals surface area contributed by atoms with Crippen LogP contribution >= 0.6 is 0 Å². The Balaban J connectivity index is 1.68. The number of morpholine rings is 1. The number of benzene rings is 2. The largest absolute Gasteiger partial charge is 0.378 e. The van der Waals surface area contributed by atoms with Gasteiger partial charge in [-0.15, -0.1) is 0 Å². The minimum Gasteiger partial charge on any atom is -0.378 e. The highest BCUT2D eigenvalue weighted by molar-refractivity contribution is 7.88. The maximum atomic E-state index is 12.9. The number of rotatable bonds is 7. The summed E-state index contributed by atoms with van der Waals surface area (Å²) in [4.78, 5) is 15.1. The lowest BCUT2D eigenvalue weighted by molar-refractivity contribution is -0.124. The van der Waals surface area contributed by atoms with Crippen molar-refractivity contribution in [1.29, 1.82) is 0 Å². The molecule has 1 amide bonds. The second-order valence-corrected chi connectivity index (χ2v) is 9.12. The number of nitrogens with one attached hydrogen (secondary N) is 1. The van der Waals surface area contributed by atoms with Crippen LogP contribution in [0.2, 0.25) is 0 Å². The first-order valence-corrected chi connectivity index (χ1v) is 11.4. The molecule has 0 saturated carbocycles. The molecule has 1 aliphatic rings. The van der Waals surface area contributed by atoms with Crippen LogP contribution in [-0.2, 0) is 26.1 Å². The zero-order valence-electron chi connectivity index (χ0n) is 16.7. The number of carbonyl (C=O) groups is 1. The van der Waals surface area contributed by atoms with Gasteiger partial charge in [-0.2, -0.15) is 4.31 Å². The van der Waals surface area contributed by atoms with Crippen LogP contribution in [0.25, 0.3) is 0 Å². The summed E-state index contributed by atoms with van der Waals surface area (Å²) in [6, 6.07) is 16.0. The number of sulfonamides is 1. The van der Waals surface area contributed by atoms with E-state index >= 15 is 0 Å². The molecule has 2 aromatic rings. The number of hydrogen-bond acceptors (Lipinski definition) is 5. The second-order valence-electron chi connectivity index (χ2n) is 7.08. The molecule has 1 fully saturated rings. The van der Waals surface area contributed by atoms with Gasteiger partial charge in [-0.25, -0.2) is 8.42 Å². The minimum atomic E-state index is -3.54. The van der Waals surface area contributed by atoms with E-state index < -0.39 is 16.1 Å². The molecule has 0 unspecified atom stereocenters. The first-order valence-electron chi connectivity index (χ1n) is 9.53. The van der Waals surface area contributed by atoms with E-state index in [0.29, 0.717) is 12.1 Å². The van der Waals surface area contributed by atoms with Gasteiger partial charge in [0.15, 0.2) is 0 Å². The fourth-order valence-electron chi connectivity index (χ4n) is 3.29. The summed E-state index contributed by atoms with van der Waals surface area (Å²) < 4.78 is 30.6. The molecular weight excluding hydrogens is 390 g/mol. The van der Waals surface area contributed by atoms with Gasteiger partial charge in [-0.3, -0.25) is 4.79 Å². The molecule has 156 valence electrons. The van der Waals surface area contributed by atoms with E-state index in [2.05, 4.69) is 10.2 Å². The van der Waals surface area contributed by atoms with Gasteiger partial charge in [0.25, 0.3) is 0 Å². The van der Waals surface area contributed by atoms with Gasteiger partial charge in [-0.05, 0) is 23.3 Å². The van der Waals surface area contributed by atoms with E-state index in [1.165, 1.54) is 7.05 Å². The summed E-state index contributed by atoms with van der Waals surface area (Å²) in [6.45, 7) is 3.52. The van der Waals surface area contributed by atoms with Crippen molar-refractivity contribution in [2.75, 3.05) is 44.5 Å². The molecule has 7 nitrogen and oxygen atoms in total. The number of hydrogen-bond donors (Lipinski definition) is 1. The molecule has 1 saturated heterocycles. The molecule has 3 rings (SSSR count). The van der Waals surface area contributed by atoms with Crippen LogP contribution in [0.15, 0.2) is 54.6 Å². The van der Waals surface area contributed by atoms with Gasteiger partial charge in [0.1, 0.15) is 6.04 Å². The molecule has 29 heavy (non-hydrogen) atoms. The van der Waals surface area contributed by atoms with Crippen molar-refractivity contribution in [2.45, 2.75) is 12.6 Å². The Morgan fingerprint density at radius 1 is 1.10 bits per heavy atom. The first kappa shape index (κ1) is 21.3. The number of nitrogens with zero attached hydrogens (tertiary/aromatic N) is 2. The van der Waals surface area contributed by atoms with Crippen LogP contribution in [0.5, 0.6) is 0 Å². The molecule has 1 atom stereocenters. The van der Waals surface area contributed by atoms with Crippen molar-refractivity contribution >= 4 is 21.6 Å². The van der Waals surface area contributed by atoms with Crippen LogP contribution in [0.1, 0.15) is 17.2 Å². The van der Waals surface area contributed by atoms with Gasteiger partial charge in [0.2, 0.25) is 15.9 Å². The van der Waals surface area contributed by atoms with Crippen molar-refractivity contribution in [3.8, 4) is 0 Å². The quantitative estimate of drug-likeness (QED) is 0.743. The Hall–Kier alpha value is -2.42. The van der Waals surface area contributed by atoms with Crippen LogP contribution in [0.3, 0.4) is 0 Å². The molecule has 0 aliphatic carbocycles.